The minimum absolute atomic E-state index is 0.153. The Labute approximate surface area is 83.6 Å². The van der Waals surface area contributed by atoms with Crippen LogP contribution in [0.15, 0.2) is 12.2 Å². The summed E-state index contributed by atoms with van der Waals surface area (Å²) < 4.78 is 4.82. The van der Waals surface area contributed by atoms with Crippen LogP contribution >= 0.6 is 0 Å². The predicted octanol–water partition coefficient (Wildman–Crippen LogP) is 1.61. The Morgan fingerprint density at radius 3 is 2.57 bits per heavy atom. The highest BCUT2D eigenvalue weighted by molar-refractivity contribution is 5.82. The molecule has 4 nitrogen and oxygen atoms in total. The summed E-state index contributed by atoms with van der Waals surface area (Å²) >= 11 is 0. The summed E-state index contributed by atoms with van der Waals surface area (Å²) in [5.41, 5.74) is 0. The first kappa shape index (κ1) is 12.7. The number of hydrogen-bond acceptors (Lipinski definition) is 3. The molecule has 14 heavy (non-hydrogen) atoms. The van der Waals surface area contributed by atoms with E-state index in [9.17, 15) is 9.59 Å². The molecule has 0 aliphatic rings. The van der Waals surface area contributed by atoms with Gasteiger partial charge in [-0.15, -0.1) is 0 Å². The first-order valence-electron chi connectivity index (χ1n) is 4.57. The van der Waals surface area contributed by atoms with Crippen molar-refractivity contribution in [3.8, 4) is 0 Å². The Morgan fingerprint density at radius 1 is 1.43 bits per heavy atom. The zero-order valence-corrected chi connectivity index (χ0v) is 8.53. The summed E-state index contributed by atoms with van der Waals surface area (Å²) in [4.78, 5) is 21.0. The molecule has 0 aromatic heterocycles. The molecular formula is C10H16O4. The average molecular weight is 200 g/mol. The maximum absolute atomic E-state index is 10.9. The predicted molar refractivity (Wildman–Crippen MR) is 51.8 cm³/mol. The van der Waals surface area contributed by atoms with Gasteiger partial charge in [0.1, 0.15) is 0 Å². The van der Waals surface area contributed by atoms with Crippen LogP contribution in [0.1, 0.15) is 26.7 Å². The molecule has 0 radical (unpaired) electrons. The molecular weight excluding hydrogens is 184 g/mol. The number of carbonyl (C=O) groups is 2. The minimum atomic E-state index is -0.962. The molecule has 0 fully saturated rings. The van der Waals surface area contributed by atoms with Gasteiger partial charge in [0, 0.05) is 6.08 Å². The van der Waals surface area contributed by atoms with Crippen molar-refractivity contribution in [3.05, 3.63) is 12.2 Å². The molecule has 80 valence electrons. The molecule has 0 saturated heterocycles. The van der Waals surface area contributed by atoms with E-state index in [1.54, 1.807) is 0 Å². The zero-order chi connectivity index (χ0) is 11.0. The number of ether oxygens (including phenoxy) is 1. The van der Waals surface area contributed by atoms with Gasteiger partial charge < -0.3 is 9.84 Å². The summed E-state index contributed by atoms with van der Waals surface area (Å²) in [5.74, 6) is -0.950. The fourth-order valence-electron chi connectivity index (χ4n) is 0.699. The van der Waals surface area contributed by atoms with Crippen molar-refractivity contribution in [2.45, 2.75) is 26.7 Å². The van der Waals surface area contributed by atoms with Crippen molar-refractivity contribution < 1.29 is 19.4 Å². The van der Waals surface area contributed by atoms with Crippen LogP contribution in [0.25, 0.3) is 0 Å². The molecule has 0 aliphatic carbocycles. The summed E-state index contributed by atoms with van der Waals surface area (Å²) in [6, 6.07) is 0. The van der Waals surface area contributed by atoms with Crippen LogP contribution in [-0.4, -0.2) is 23.7 Å². The lowest BCUT2D eigenvalue weighted by atomic mass is 10.1. The fraction of sp³-hybridized carbons (Fsp3) is 0.600. The van der Waals surface area contributed by atoms with Crippen LogP contribution in [0.2, 0.25) is 0 Å². The van der Waals surface area contributed by atoms with E-state index in [0.29, 0.717) is 12.5 Å². The SMILES string of the molecule is CC(C)CCOC(=O)/C=C/CC(=O)O. The highest BCUT2D eigenvalue weighted by atomic mass is 16.5. The molecule has 4 heteroatoms. The van der Waals surface area contributed by atoms with E-state index < -0.39 is 11.9 Å². The number of carbonyl (C=O) groups excluding carboxylic acids is 1. The number of aliphatic carboxylic acids is 1. The van der Waals surface area contributed by atoms with Crippen molar-refractivity contribution in [2.24, 2.45) is 5.92 Å². The fourth-order valence-corrected chi connectivity index (χ4v) is 0.699. The van der Waals surface area contributed by atoms with E-state index in [4.69, 9.17) is 9.84 Å². The van der Waals surface area contributed by atoms with Crippen LogP contribution in [0.4, 0.5) is 0 Å². The first-order chi connectivity index (χ1) is 6.52. The molecule has 0 amide bonds. The van der Waals surface area contributed by atoms with Crippen LogP contribution in [0, 0.1) is 5.92 Å². The van der Waals surface area contributed by atoms with E-state index in [2.05, 4.69) is 0 Å². The molecule has 1 N–H and O–H groups in total. The van der Waals surface area contributed by atoms with Gasteiger partial charge in [-0.25, -0.2) is 4.79 Å². The Kier molecular flexibility index (Phi) is 6.45. The minimum Gasteiger partial charge on any atom is -0.481 e. The third-order valence-electron chi connectivity index (χ3n) is 1.49. The van der Waals surface area contributed by atoms with Gasteiger partial charge in [-0.1, -0.05) is 19.9 Å². The standard InChI is InChI=1S/C10H16O4/c1-8(2)6-7-14-10(13)5-3-4-9(11)12/h3,5,8H,4,6-7H2,1-2H3,(H,11,12)/b5-3+. The number of carboxylic acids is 1. The third kappa shape index (κ3) is 8.77. The summed E-state index contributed by atoms with van der Waals surface area (Å²) in [6.07, 6.45) is 3.09. The van der Waals surface area contributed by atoms with E-state index in [1.165, 1.54) is 6.08 Å². The smallest absolute Gasteiger partial charge is 0.330 e. The van der Waals surface area contributed by atoms with Crippen LogP contribution in [0.3, 0.4) is 0 Å². The van der Waals surface area contributed by atoms with Crippen molar-refractivity contribution in [3.63, 3.8) is 0 Å². The second kappa shape index (κ2) is 7.12. The molecule has 0 saturated carbocycles. The number of esters is 1. The highest BCUT2D eigenvalue weighted by Crippen LogP contribution is 1.99. The largest absolute Gasteiger partial charge is 0.481 e. The molecule has 0 rings (SSSR count). The monoisotopic (exact) mass is 200 g/mol. The number of carboxylic acid groups (broad SMARTS) is 1. The molecule has 0 aliphatic heterocycles. The Balaban J connectivity index is 3.55. The summed E-state index contributed by atoms with van der Waals surface area (Å²) in [5, 5.41) is 8.27. The number of rotatable bonds is 6. The average Bonchev–Trinajstić information content (AvgIpc) is 2.02. The third-order valence-corrected chi connectivity index (χ3v) is 1.49. The van der Waals surface area contributed by atoms with Crippen LogP contribution in [-0.2, 0) is 14.3 Å². The Morgan fingerprint density at radius 2 is 2.07 bits per heavy atom. The summed E-state index contributed by atoms with van der Waals surface area (Å²) in [7, 11) is 0. The van der Waals surface area contributed by atoms with Crippen LogP contribution < -0.4 is 0 Å². The molecule has 0 aromatic carbocycles. The lowest BCUT2D eigenvalue weighted by molar-refractivity contribution is -0.138. The van der Waals surface area contributed by atoms with Gasteiger partial charge in [0.25, 0.3) is 0 Å². The van der Waals surface area contributed by atoms with Crippen molar-refractivity contribution >= 4 is 11.9 Å². The van der Waals surface area contributed by atoms with Crippen molar-refractivity contribution in [1.29, 1.82) is 0 Å². The van der Waals surface area contributed by atoms with Gasteiger partial charge >= 0.3 is 11.9 Å². The van der Waals surface area contributed by atoms with Crippen LogP contribution in [0.5, 0.6) is 0 Å². The molecule has 0 unspecified atom stereocenters. The second-order valence-electron chi connectivity index (χ2n) is 3.35. The maximum Gasteiger partial charge on any atom is 0.330 e. The van der Waals surface area contributed by atoms with Gasteiger partial charge in [0.05, 0.1) is 13.0 Å². The normalized spacial score (nSPS) is 10.8. The van der Waals surface area contributed by atoms with E-state index >= 15 is 0 Å². The quantitative estimate of drug-likeness (QED) is 0.522. The summed E-state index contributed by atoms with van der Waals surface area (Å²) in [6.45, 7) is 4.45. The Bertz CT molecular complexity index is 218. The number of hydrogen-bond donors (Lipinski definition) is 1. The van der Waals surface area contributed by atoms with Crippen molar-refractivity contribution in [1.82, 2.24) is 0 Å². The van der Waals surface area contributed by atoms with Gasteiger partial charge in [-0.3, -0.25) is 4.79 Å². The maximum atomic E-state index is 10.9. The second-order valence-corrected chi connectivity index (χ2v) is 3.35. The van der Waals surface area contributed by atoms with Gasteiger partial charge in [-0.05, 0) is 12.3 Å². The lowest BCUT2D eigenvalue weighted by Gasteiger charge is -2.03. The highest BCUT2D eigenvalue weighted by Gasteiger charge is 1.99. The molecule has 0 aromatic rings. The molecule has 0 atom stereocenters. The van der Waals surface area contributed by atoms with E-state index in [-0.39, 0.29) is 6.42 Å². The first-order valence-corrected chi connectivity index (χ1v) is 4.57. The molecule has 0 spiro atoms. The van der Waals surface area contributed by atoms with Gasteiger partial charge in [0.2, 0.25) is 0 Å². The van der Waals surface area contributed by atoms with E-state index in [1.807, 2.05) is 13.8 Å². The molecule has 0 bridgehead atoms. The Hall–Kier alpha value is -1.32. The topological polar surface area (TPSA) is 63.6 Å². The van der Waals surface area contributed by atoms with Crippen molar-refractivity contribution in [2.75, 3.05) is 6.61 Å². The lowest BCUT2D eigenvalue weighted by Crippen LogP contribution is -2.04. The van der Waals surface area contributed by atoms with Gasteiger partial charge in [-0.2, -0.15) is 0 Å². The molecule has 0 heterocycles. The zero-order valence-electron chi connectivity index (χ0n) is 8.53. The van der Waals surface area contributed by atoms with Gasteiger partial charge in [0.15, 0.2) is 0 Å². The van der Waals surface area contributed by atoms with E-state index in [0.717, 1.165) is 12.5 Å².